The molecule has 0 atom stereocenters. The monoisotopic (exact) mass is 238 g/mol. The van der Waals surface area contributed by atoms with Gasteiger partial charge in [-0.1, -0.05) is 11.6 Å². The van der Waals surface area contributed by atoms with E-state index in [2.05, 4.69) is 10.3 Å². The maximum absolute atomic E-state index is 6.02. The lowest BCUT2D eigenvalue weighted by Crippen LogP contribution is -1.85. The third-order valence-corrected chi connectivity index (χ3v) is 2.45. The summed E-state index contributed by atoms with van der Waals surface area (Å²) < 4.78 is 10.5. The van der Waals surface area contributed by atoms with Crippen molar-refractivity contribution in [3.63, 3.8) is 0 Å². The van der Waals surface area contributed by atoms with Crippen LogP contribution in [0.5, 0.6) is 5.75 Å². The summed E-state index contributed by atoms with van der Waals surface area (Å²) in [7, 11) is 3.32. The Morgan fingerprint density at radius 3 is 2.81 bits per heavy atom. The SMILES string of the molecule is CNc1ncc(-c2ccc(OC)c(Cl)c2)o1. The molecule has 0 fully saturated rings. The highest BCUT2D eigenvalue weighted by Crippen LogP contribution is 2.30. The molecule has 0 aliphatic heterocycles. The molecule has 1 heterocycles. The largest absolute Gasteiger partial charge is 0.495 e. The molecule has 1 aromatic heterocycles. The van der Waals surface area contributed by atoms with Gasteiger partial charge in [0.1, 0.15) is 5.75 Å². The molecule has 0 aliphatic rings. The van der Waals surface area contributed by atoms with Gasteiger partial charge in [-0.15, -0.1) is 0 Å². The fourth-order valence-corrected chi connectivity index (χ4v) is 1.60. The summed E-state index contributed by atoms with van der Waals surface area (Å²) in [5.41, 5.74) is 0.861. The van der Waals surface area contributed by atoms with E-state index in [1.165, 1.54) is 0 Å². The van der Waals surface area contributed by atoms with Gasteiger partial charge in [0.05, 0.1) is 18.3 Å². The number of anilines is 1. The number of nitrogens with zero attached hydrogens (tertiary/aromatic N) is 1. The maximum Gasteiger partial charge on any atom is 0.294 e. The van der Waals surface area contributed by atoms with Crippen molar-refractivity contribution >= 4 is 17.6 Å². The molecule has 0 spiro atoms. The molecule has 0 saturated carbocycles. The number of hydrogen-bond acceptors (Lipinski definition) is 4. The van der Waals surface area contributed by atoms with Gasteiger partial charge in [-0.3, -0.25) is 0 Å². The molecule has 1 aromatic carbocycles. The van der Waals surface area contributed by atoms with Gasteiger partial charge in [0.15, 0.2) is 5.76 Å². The number of benzene rings is 1. The zero-order chi connectivity index (χ0) is 11.5. The van der Waals surface area contributed by atoms with Crippen molar-refractivity contribution < 1.29 is 9.15 Å². The molecule has 16 heavy (non-hydrogen) atoms. The Labute approximate surface area is 98.2 Å². The van der Waals surface area contributed by atoms with Crippen molar-refractivity contribution in [2.24, 2.45) is 0 Å². The minimum Gasteiger partial charge on any atom is -0.495 e. The number of ether oxygens (including phenoxy) is 1. The van der Waals surface area contributed by atoms with Crippen LogP contribution in [0.25, 0.3) is 11.3 Å². The number of aromatic nitrogens is 1. The summed E-state index contributed by atoms with van der Waals surface area (Å²) in [6.45, 7) is 0. The lowest BCUT2D eigenvalue weighted by molar-refractivity contribution is 0.415. The van der Waals surface area contributed by atoms with Crippen LogP contribution in [-0.4, -0.2) is 19.1 Å². The van der Waals surface area contributed by atoms with Crippen LogP contribution in [0.1, 0.15) is 0 Å². The predicted molar refractivity (Wildman–Crippen MR) is 63.0 cm³/mol. The van der Waals surface area contributed by atoms with Crippen LogP contribution in [0.4, 0.5) is 6.01 Å². The zero-order valence-corrected chi connectivity index (χ0v) is 9.71. The van der Waals surface area contributed by atoms with E-state index < -0.39 is 0 Å². The number of rotatable bonds is 3. The van der Waals surface area contributed by atoms with Crippen LogP contribution in [0.15, 0.2) is 28.8 Å². The summed E-state index contributed by atoms with van der Waals surface area (Å²) in [4.78, 5) is 4.03. The average molecular weight is 239 g/mol. The highest BCUT2D eigenvalue weighted by Gasteiger charge is 2.08. The standard InChI is InChI=1S/C11H11ClN2O2/c1-13-11-14-6-10(16-11)7-3-4-9(15-2)8(12)5-7/h3-6H,1-2H3,(H,13,14). The van der Waals surface area contributed by atoms with Gasteiger partial charge in [0.25, 0.3) is 6.01 Å². The molecule has 2 aromatic rings. The zero-order valence-electron chi connectivity index (χ0n) is 8.95. The Morgan fingerprint density at radius 2 is 2.25 bits per heavy atom. The van der Waals surface area contributed by atoms with Crippen LogP contribution in [0, 0.1) is 0 Å². The first-order chi connectivity index (χ1) is 7.74. The van der Waals surface area contributed by atoms with Crippen molar-refractivity contribution in [2.75, 3.05) is 19.5 Å². The van der Waals surface area contributed by atoms with Gasteiger partial charge < -0.3 is 14.5 Å². The van der Waals surface area contributed by atoms with Gasteiger partial charge >= 0.3 is 0 Å². The van der Waals surface area contributed by atoms with Gasteiger partial charge in [0.2, 0.25) is 0 Å². The molecule has 0 amide bonds. The highest BCUT2D eigenvalue weighted by atomic mass is 35.5. The van der Waals surface area contributed by atoms with E-state index in [1.807, 2.05) is 6.07 Å². The molecule has 1 N–H and O–H groups in total. The Bertz CT molecular complexity index is 496. The lowest BCUT2D eigenvalue weighted by atomic mass is 10.2. The van der Waals surface area contributed by atoms with Crippen LogP contribution in [0.3, 0.4) is 0 Å². The summed E-state index contributed by atoms with van der Waals surface area (Å²) in [5.74, 6) is 1.30. The van der Waals surface area contributed by atoms with Crippen molar-refractivity contribution in [1.82, 2.24) is 4.98 Å². The molecular weight excluding hydrogens is 228 g/mol. The second kappa shape index (κ2) is 4.45. The first-order valence-corrected chi connectivity index (χ1v) is 5.10. The predicted octanol–water partition coefficient (Wildman–Crippen LogP) is 3.05. The first-order valence-electron chi connectivity index (χ1n) is 4.72. The quantitative estimate of drug-likeness (QED) is 0.893. The van der Waals surface area contributed by atoms with E-state index >= 15 is 0 Å². The van der Waals surface area contributed by atoms with Crippen molar-refractivity contribution in [1.29, 1.82) is 0 Å². The molecule has 0 aliphatic carbocycles. The fourth-order valence-electron chi connectivity index (χ4n) is 1.34. The Balaban J connectivity index is 2.37. The van der Waals surface area contributed by atoms with Crippen molar-refractivity contribution in [2.45, 2.75) is 0 Å². The minimum absolute atomic E-state index is 0.474. The Kier molecular flexibility index (Phi) is 3.01. The van der Waals surface area contributed by atoms with Crippen molar-refractivity contribution in [3.05, 3.63) is 29.4 Å². The molecule has 4 nitrogen and oxygen atoms in total. The molecular formula is C11H11ClN2O2. The van der Waals surface area contributed by atoms with Crippen LogP contribution >= 0.6 is 11.6 Å². The number of hydrogen-bond donors (Lipinski definition) is 1. The van der Waals surface area contributed by atoms with E-state index in [9.17, 15) is 0 Å². The molecule has 0 unspecified atom stereocenters. The van der Waals surface area contributed by atoms with Gasteiger partial charge in [-0.25, -0.2) is 4.98 Å². The molecule has 2 rings (SSSR count). The van der Waals surface area contributed by atoms with E-state index in [4.69, 9.17) is 20.8 Å². The van der Waals surface area contributed by atoms with Crippen LogP contribution < -0.4 is 10.1 Å². The topological polar surface area (TPSA) is 47.3 Å². The number of halogens is 1. The van der Waals surface area contributed by atoms with Gasteiger partial charge in [0, 0.05) is 12.6 Å². The van der Waals surface area contributed by atoms with Crippen LogP contribution in [-0.2, 0) is 0 Å². The molecule has 0 bridgehead atoms. The van der Waals surface area contributed by atoms with Crippen molar-refractivity contribution in [3.8, 4) is 17.1 Å². The molecule has 0 radical (unpaired) electrons. The highest BCUT2D eigenvalue weighted by molar-refractivity contribution is 6.32. The van der Waals surface area contributed by atoms with E-state index in [1.54, 1.807) is 32.5 Å². The Hall–Kier alpha value is -1.68. The number of nitrogens with one attached hydrogen (secondary N) is 1. The van der Waals surface area contributed by atoms with E-state index in [0.29, 0.717) is 22.5 Å². The lowest BCUT2D eigenvalue weighted by Gasteiger charge is -2.03. The average Bonchev–Trinajstić information content (AvgIpc) is 2.77. The normalized spacial score (nSPS) is 10.2. The third-order valence-electron chi connectivity index (χ3n) is 2.16. The minimum atomic E-state index is 0.474. The summed E-state index contributed by atoms with van der Waals surface area (Å²) in [6, 6.07) is 5.91. The first kappa shape index (κ1) is 10.8. The Morgan fingerprint density at radius 1 is 1.44 bits per heavy atom. The molecule has 0 saturated heterocycles. The smallest absolute Gasteiger partial charge is 0.294 e. The van der Waals surface area contributed by atoms with Crippen LogP contribution in [0.2, 0.25) is 5.02 Å². The third kappa shape index (κ3) is 1.97. The van der Waals surface area contributed by atoms with E-state index in [0.717, 1.165) is 5.56 Å². The molecule has 5 heteroatoms. The fraction of sp³-hybridized carbons (Fsp3) is 0.182. The second-order valence-corrected chi connectivity index (χ2v) is 3.54. The van der Waals surface area contributed by atoms with Gasteiger partial charge in [-0.2, -0.15) is 0 Å². The van der Waals surface area contributed by atoms with E-state index in [-0.39, 0.29) is 0 Å². The summed E-state index contributed by atoms with van der Waals surface area (Å²) >= 11 is 6.02. The maximum atomic E-state index is 6.02. The summed E-state index contributed by atoms with van der Waals surface area (Å²) in [5, 5.41) is 3.36. The second-order valence-electron chi connectivity index (χ2n) is 3.13. The summed E-state index contributed by atoms with van der Waals surface area (Å²) in [6.07, 6.45) is 1.64. The molecule has 84 valence electrons. The number of oxazole rings is 1. The number of methoxy groups -OCH3 is 1. The van der Waals surface area contributed by atoms with Gasteiger partial charge in [-0.05, 0) is 18.2 Å².